The van der Waals surface area contributed by atoms with E-state index in [1.165, 1.54) is 11.1 Å². The van der Waals surface area contributed by atoms with Gasteiger partial charge in [0, 0.05) is 54.2 Å². The van der Waals surface area contributed by atoms with Gasteiger partial charge < -0.3 is 13.5 Å². The number of ether oxygens (including phenoxy) is 1. The molecule has 8 nitrogen and oxygen atoms in total. The molecule has 0 fully saturated rings. The average Bonchev–Trinajstić information content (AvgIpc) is 3.73. The number of hydrogen-bond acceptors (Lipinski definition) is 6. The third-order valence-corrected chi connectivity index (χ3v) is 8.08. The Balaban J connectivity index is 0.00000289. The number of benzene rings is 3. The Morgan fingerprint density at radius 2 is 1.18 bits per heavy atom. The van der Waals surface area contributed by atoms with Crippen molar-refractivity contribution in [2.24, 2.45) is 0 Å². The molecule has 0 unspecified atom stereocenters. The zero-order valence-electron chi connectivity index (χ0n) is 23.5. The minimum absolute atomic E-state index is 0. The summed E-state index contributed by atoms with van der Waals surface area (Å²) in [4.78, 5) is 23.5. The quantitative estimate of drug-likeness (QED) is 0.138. The minimum Gasteiger partial charge on any atom is -0.497 e. The molecule has 9 rings (SSSR count). The van der Waals surface area contributed by atoms with Crippen molar-refractivity contribution in [2.75, 3.05) is 0 Å². The maximum atomic E-state index is 6.34. The number of pyridine rings is 3. The fraction of sp³-hybridized carbons (Fsp3) is 0.0571. The zero-order chi connectivity index (χ0) is 28.7. The first-order chi connectivity index (χ1) is 21.1. The van der Waals surface area contributed by atoms with E-state index in [-0.39, 0.29) is 21.1 Å². The molecule has 44 heavy (non-hydrogen) atoms. The van der Waals surface area contributed by atoms with Crippen LogP contribution in [0.5, 0.6) is 11.5 Å². The fourth-order valence-corrected chi connectivity index (χ4v) is 6.18. The van der Waals surface area contributed by atoms with Gasteiger partial charge in [0.15, 0.2) is 0 Å². The second-order valence-corrected chi connectivity index (χ2v) is 10.6. The van der Waals surface area contributed by atoms with E-state index in [0.717, 1.165) is 66.3 Å². The van der Waals surface area contributed by atoms with Gasteiger partial charge in [-0.25, -0.2) is 9.97 Å². The predicted octanol–water partition coefficient (Wildman–Crippen LogP) is 7.45. The second-order valence-electron chi connectivity index (χ2n) is 10.6. The number of aromatic nitrogens is 7. The van der Waals surface area contributed by atoms with Crippen molar-refractivity contribution in [3.8, 4) is 22.8 Å². The molecule has 0 saturated carbocycles. The van der Waals surface area contributed by atoms with Gasteiger partial charge in [-0.2, -0.15) is 0 Å². The number of hydrogen-bond donors (Lipinski definition) is 0. The Bertz CT molecular complexity index is 2570. The molecule has 0 aliphatic carbocycles. The first kappa shape index (κ1) is 26.4. The Kier molecular flexibility index (Phi) is 5.96. The van der Waals surface area contributed by atoms with E-state index >= 15 is 0 Å². The third-order valence-electron chi connectivity index (χ3n) is 8.08. The van der Waals surface area contributed by atoms with Crippen molar-refractivity contribution in [3.05, 3.63) is 115 Å². The van der Waals surface area contributed by atoms with Gasteiger partial charge in [-0.1, -0.05) is 70.1 Å². The van der Waals surface area contributed by atoms with Gasteiger partial charge in [0.05, 0.1) is 22.5 Å². The van der Waals surface area contributed by atoms with Crippen LogP contribution in [-0.4, -0.2) is 33.7 Å². The van der Waals surface area contributed by atoms with E-state index in [0.29, 0.717) is 11.5 Å². The van der Waals surface area contributed by atoms with Gasteiger partial charge in [-0.3, -0.25) is 15.0 Å². The molecule has 0 radical (unpaired) electrons. The zero-order valence-corrected chi connectivity index (χ0v) is 25.8. The van der Waals surface area contributed by atoms with Crippen molar-refractivity contribution < 1.29 is 25.8 Å². The standard InChI is InChI=1S/C35H21N7O.Pt/c1-20-4-3-5-21(2)30(20)29-11-10-26-24-8-6-22(18-27(24)32-38-14-16-41(32)34(26)40-29)43-23-7-9-25-28(19-23)33-39-15-17-42(33)35-31(25)36-12-13-37-35;/h3-17H,1-2H3;/q-2;+2. The fourth-order valence-electron chi connectivity index (χ4n) is 6.18. The van der Waals surface area contributed by atoms with Crippen LogP contribution in [0.4, 0.5) is 0 Å². The molecule has 3 aromatic carbocycles. The van der Waals surface area contributed by atoms with Crippen LogP contribution in [0.25, 0.3) is 66.3 Å². The van der Waals surface area contributed by atoms with E-state index in [1.54, 1.807) is 24.8 Å². The van der Waals surface area contributed by atoms with E-state index < -0.39 is 0 Å². The molecule has 0 amide bonds. The number of aryl methyl sites for hydroxylation is 2. The summed E-state index contributed by atoms with van der Waals surface area (Å²) < 4.78 is 10.3. The van der Waals surface area contributed by atoms with E-state index in [1.807, 2.05) is 39.4 Å². The van der Waals surface area contributed by atoms with Gasteiger partial charge >= 0.3 is 21.1 Å². The first-order valence-electron chi connectivity index (χ1n) is 13.9. The summed E-state index contributed by atoms with van der Waals surface area (Å²) in [5.74, 6) is 1.11. The smallest absolute Gasteiger partial charge is 0.497 e. The van der Waals surface area contributed by atoms with Crippen LogP contribution < -0.4 is 4.74 Å². The molecule has 0 aliphatic rings. The molecule has 0 saturated heterocycles. The van der Waals surface area contributed by atoms with E-state index in [2.05, 4.69) is 82.3 Å². The summed E-state index contributed by atoms with van der Waals surface area (Å²) in [5.41, 5.74) is 8.40. The van der Waals surface area contributed by atoms with Crippen molar-refractivity contribution in [1.29, 1.82) is 0 Å². The van der Waals surface area contributed by atoms with E-state index in [9.17, 15) is 0 Å². The SMILES string of the molecule is Cc1cccc(C)c1-c1ccc2c3ccc(Oc4[c-]c5c(cc4)c4nccnc4n4ccnc54)[c-]c3c3nccn3c2n1.[Pt+2]. The molecule has 0 aliphatic heterocycles. The molecule has 0 spiro atoms. The van der Waals surface area contributed by atoms with Crippen LogP contribution in [0.1, 0.15) is 11.1 Å². The van der Waals surface area contributed by atoms with Gasteiger partial charge in [0.25, 0.3) is 0 Å². The van der Waals surface area contributed by atoms with Gasteiger partial charge in [-0.15, -0.1) is 12.1 Å². The Labute approximate surface area is 265 Å². The Morgan fingerprint density at radius 3 is 1.91 bits per heavy atom. The summed E-state index contributed by atoms with van der Waals surface area (Å²) in [6.07, 6.45) is 10.7. The van der Waals surface area contributed by atoms with Crippen molar-refractivity contribution in [2.45, 2.75) is 13.8 Å². The second kappa shape index (κ2) is 9.93. The average molecular weight is 751 g/mol. The van der Waals surface area contributed by atoms with Crippen molar-refractivity contribution >= 4 is 55.0 Å². The van der Waals surface area contributed by atoms with Crippen LogP contribution in [0, 0.1) is 26.0 Å². The van der Waals surface area contributed by atoms with Gasteiger partial charge in [-0.05, 0) is 36.4 Å². The number of fused-ring (bicyclic) bond motifs is 12. The molecule has 0 bridgehead atoms. The third kappa shape index (κ3) is 3.84. The molecule has 0 atom stereocenters. The molecule has 0 N–H and O–H groups in total. The number of rotatable bonds is 3. The molecular weight excluding hydrogens is 730 g/mol. The molecule has 9 heteroatoms. The van der Waals surface area contributed by atoms with Crippen LogP contribution in [-0.2, 0) is 21.1 Å². The largest absolute Gasteiger partial charge is 2.00 e. The Hall–Kier alpha value is -5.20. The van der Waals surface area contributed by atoms with Crippen LogP contribution in [0.15, 0.2) is 91.8 Å². The molecule has 9 aromatic rings. The summed E-state index contributed by atoms with van der Waals surface area (Å²) in [6.45, 7) is 4.25. The summed E-state index contributed by atoms with van der Waals surface area (Å²) in [6, 6.07) is 25.3. The van der Waals surface area contributed by atoms with Crippen LogP contribution in [0.3, 0.4) is 0 Å². The summed E-state index contributed by atoms with van der Waals surface area (Å²) in [7, 11) is 0. The Morgan fingerprint density at radius 1 is 0.591 bits per heavy atom. The van der Waals surface area contributed by atoms with E-state index in [4.69, 9.17) is 9.72 Å². The molecule has 6 aromatic heterocycles. The molecule has 6 heterocycles. The van der Waals surface area contributed by atoms with Crippen molar-refractivity contribution in [3.63, 3.8) is 0 Å². The number of nitrogens with zero attached hydrogens (tertiary/aromatic N) is 7. The number of imidazole rings is 2. The predicted molar refractivity (Wildman–Crippen MR) is 166 cm³/mol. The summed E-state index contributed by atoms with van der Waals surface area (Å²) >= 11 is 0. The maximum absolute atomic E-state index is 6.34. The molecular formula is C35H21N7OPt. The van der Waals surface area contributed by atoms with Crippen molar-refractivity contribution in [1.82, 2.24) is 33.7 Å². The minimum atomic E-state index is 0. The first-order valence-corrected chi connectivity index (χ1v) is 13.9. The summed E-state index contributed by atoms with van der Waals surface area (Å²) in [5, 5.41) is 4.60. The van der Waals surface area contributed by atoms with Crippen LogP contribution in [0.2, 0.25) is 0 Å². The molecule has 212 valence electrons. The van der Waals surface area contributed by atoms with Crippen LogP contribution >= 0.6 is 0 Å². The topological polar surface area (TPSA) is 82.5 Å². The normalized spacial score (nSPS) is 11.7. The maximum Gasteiger partial charge on any atom is 2.00 e. The van der Waals surface area contributed by atoms with Gasteiger partial charge in [0.2, 0.25) is 0 Å². The monoisotopic (exact) mass is 750 g/mol. The van der Waals surface area contributed by atoms with Gasteiger partial charge in [0.1, 0.15) is 11.3 Å².